The zero-order valence-corrected chi connectivity index (χ0v) is 9.91. The Bertz CT molecular complexity index is 472. The number of amides is 1. The number of hydrogen-bond donors (Lipinski definition) is 0. The third kappa shape index (κ3) is 2.30. The molecule has 1 fully saturated rings. The average Bonchev–Trinajstić information content (AvgIpc) is 2.79. The van der Waals surface area contributed by atoms with Crippen LogP contribution in [-0.4, -0.2) is 42.6 Å². The Morgan fingerprint density at radius 2 is 2.22 bits per heavy atom. The fourth-order valence-corrected chi connectivity index (χ4v) is 2.05. The second-order valence-electron chi connectivity index (χ2n) is 4.35. The molecular formula is C13H14N2O3. The third-order valence-electron chi connectivity index (χ3n) is 2.96. The summed E-state index contributed by atoms with van der Waals surface area (Å²) < 4.78 is 11.2. The number of amidine groups is 1. The SMILES string of the molecule is O=C1CCN2CC(COc3ccccc3)OC2=N1. The van der Waals surface area contributed by atoms with E-state index in [0.29, 0.717) is 25.6 Å². The van der Waals surface area contributed by atoms with E-state index in [9.17, 15) is 4.79 Å². The molecule has 5 heteroatoms. The van der Waals surface area contributed by atoms with Crippen molar-refractivity contribution in [3.05, 3.63) is 30.3 Å². The average molecular weight is 246 g/mol. The van der Waals surface area contributed by atoms with Gasteiger partial charge in [0.05, 0.1) is 6.54 Å². The van der Waals surface area contributed by atoms with Crippen molar-refractivity contribution in [2.24, 2.45) is 4.99 Å². The smallest absolute Gasteiger partial charge is 0.295 e. The maximum atomic E-state index is 11.2. The van der Waals surface area contributed by atoms with Crippen molar-refractivity contribution in [2.45, 2.75) is 12.5 Å². The summed E-state index contributed by atoms with van der Waals surface area (Å²) in [5, 5.41) is 0. The normalized spacial score (nSPS) is 22.2. The summed E-state index contributed by atoms with van der Waals surface area (Å²) in [6, 6.07) is 10.1. The molecule has 0 spiro atoms. The first-order valence-corrected chi connectivity index (χ1v) is 6.02. The molecule has 1 aromatic carbocycles. The van der Waals surface area contributed by atoms with Crippen LogP contribution in [0.5, 0.6) is 5.75 Å². The standard InChI is InChI=1S/C13H14N2O3/c16-12-6-7-15-8-11(18-13(15)14-12)9-17-10-4-2-1-3-5-10/h1-5,11H,6-9H2. The first-order valence-electron chi connectivity index (χ1n) is 6.02. The number of nitrogens with zero attached hydrogens (tertiary/aromatic N) is 2. The largest absolute Gasteiger partial charge is 0.490 e. The van der Waals surface area contributed by atoms with Crippen molar-refractivity contribution in [2.75, 3.05) is 19.7 Å². The number of carbonyl (C=O) groups is 1. The van der Waals surface area contributed by atoms with Gasteiger partial charge in [0.25, 0.3) is 11.9 Å². The van der Waals surface area contributed by atoms with Crippen molar-refractivity contribution in [1.29, 1.82) is 0 Å². The molecule has 0 saturated carbocycles. The summed E-state index contributed by atoms with van der Waals surface area (Å²) in [6.07, 6.45) is 0.411. The molecule has 18 heavy (non-hydrogen) atoms. The van der Waals surface area contributed by atoms with Crippen LogP contribution < -0.4 is 4.74 Å². The van der Waals surface area contributed by atoms with Crippen molar-refractivity contribution in [1.82, 2.24) is 4.90 Å². The Balaban J connectivity index is 1.57. The molecule has 0 aromatic heterocycles. The van der Waals surface area contributed by atoms with Gasteiger partial charge in [-0.1, -0.05) is 18.2 Å². The molecule has 1 amide bonds. The van der Waals surface area contributed by atoms with E-state index >= 15 is 0 Å². The molecule has 5 nitrogen and oxygen atoms in total. The summed E-state index contributed by atoms with van der Waals surface area (Å²) in [7, 11) is 0. The van der Waals surface area contributed by atoms with E-state index in [1.807, 2.05) is 35.2 Å². The zero-order chi connectivity index (χ0) is 12.4. The van der Waals surface area contributed by atoms with Crippen LogP contribution in [0.1, 0.15) is 6.42 Å². The van der Waals surface area contributed by atoms with Crippen LogP contribution in [-0.2, 0) is 9.53 Å². The summed E-state index contributed by atoms with van der Waals surface area (Å²) in [4.78, 5) is 17.0. The number of aliphatic imine (C=N–C) groups is 1. The maximum Gasteiger partial charge on any atom is 0.295 e. The second-order valence-corrected chi connectivity index (χ2v) is 4.35. The molecular weight excluding hydrogens is 232 g/mol. The fourth-order valence-electron chi connectivity index (χ4n) is 2.05. The molecule has 0 aliphatic carbocycles. The molecule has 1 saturated heterocycles. The van der Waals surface area contributed by atoms with Gasteiger partial charge in [0.1, 0.15) is 12.4 Å². The van der Waals surface area contributed by atoms with E-state index in [4.69, 9.17) is 9.47 Å². The minimum Gasteiger partial charge on any atom is -0.490 e. The molecule has 2 heterocycles. The molecule has 0 bridgehead atoms. The van der Waals surface area contributed by atoms with Gasteiger partial charge in [0.2, 0.25) is 0 Å². The number of para-hydroxylation sites is 1. The van der Waals surface area contributed by atoms with Gasteiger partial charge in [-0.3, -0.25) is 4.79 Å². The van der Waals surface area contributed by atoms with Gasteiger partial charge in [-0.15, -0.1) is 0 Å². The highest BCUT2D eigenvalue weighted by Gasteiger charge is 2.33. The zero-order valence-electron chi connectivity index (χ0n) is 9.91. The van der Waals surface area contributed by atoms with E-state index in [1.54, 1.807) is 0 Å². The van der Waals surface area contributed by atoms with Crippen molar-refractivity contribution in [3.8, 4) is 5.75 Å². The quantitative estimate of drug-likeness (QED) is 0.800. The number of fused-ring (bicyclic) bond motifs is 1. The van der Waals surface area contributed by atoms with Crippen LogP contribution in [0.25, 0.3) is 0 Å². The topological polar surface area (TPSA) is 51.1 Å². The Labute approximate surface area is 105 Å². The van der Waals surface area contributed by atoms with E-state index in [-0.39, 0.29) is 12.0 Å². The molecule has 1 atom stereocenters. The minimum absolute atomic E-state index is 0.0603. The van der Waals surface area contributed by atoms with E-state index in [0.717, 1.165) is 12.3 Å². The summed E-state index contributed by atoms with van der Waals surface area (Å²) >= 11 is 0. The van der Waals surface area contributed by atoms with Gasteiger partial charge in [-0.25, -0.2) is 0 Å². The fraction of sp³-hybridized carbons (Fsp3) is 0.385. The number of carbonyl (C=O) groups excluding carboxylic acids is 1. The Hall–Kier alpha value is -2.04. The lowest BCUT2D eigenvalue weighted by atomic mass is 10.3. The van der Waals surface area contributed by atoms with Gasteiger partial charge in [0.15, 0.2) is 6.10 Å². The van der Waals surface area contributed by atoms with E-state index < -0.39 is 0 Å². The lowest BCUT2D eigenvalue weighted by Gasteiger charge is -2.17. The Morgan fingerprint density at radius 3 is 3.06 bits per heavy atom. The highest BCUT2D eigenvalue weighted by Crippen LogP contribution is 2.17. The molecule has 3 rings (SSSR count). The van der Waals surface area contributed by atoms with Crippen LogP contribution in [0.4, 0.5) is 0 Å². The molecule has 0 radical (unpaired) electrons. The van der Waals surface area contributed by atoms with Crippen molar-refractivity contribution < 1.29 is 14.3 Å². The van der Waals surface area contributed by atoms with E-state index in [2.05, 4.69) is 4.99 Å². The molecule has 1 unspecified atom stereocenters. The molecule has 0 N–H and O–H groups in total. The van der Waals surface area contributed by atoms with E-state index in [1.165, 1.54) is 0 Å². The maximum absolute atomic E-state index is 11.2. The van der Waals surface area contributed by atoms with Crippen LogP contribution in [0, 0.1) is 0 Å². The minimum atomic E-state index is -0.106. The number of rotatable bonds is 3. The Morgan fingerprint density at radius 1 is 1.39 bits per heavy atom. The number of benzene rings is 1. The monoisotopic (exact) mass is 246 g/mol. The van der Waals surface area contributed by atoms with Crippen LogP contribution >= 0.6 is 0 Å². The second kappa shape index (κ2) is 4.68. The van der Waals surface area contributed by atoms with Crippen LogP contribution in [0.15, 0.2) is 35.3 Å². The van der Waals surface area contributed by atoms with Gasteiger partial charge in [-0.2, -0.15) is 4.99 Å². The van der Waals surface area contributed by atoms with Crippen LogP contribution in [0.2, 0.25) is 0 Å². The Kier molecular flexibility index (Phi) is 2.88. The first-order chi connectivity index (χ1) is 8.81. The van der Waals surface area contributed by atoms with Gasteiger partial charge < -0.3 is 14.4 Å². The molecule has 2 aliphatic heterocycles. The lowest BCUT2D eigenvalue weighted by Crippen LogP contribution is -2.33. The number of hydrogen-bond acceptors (Lipinski definition) is 4. The molecule has 1 aromatic rings. The van der Waals surface area contributed by atoms with Gasteiger partial charge in [-0.05, 0) is 12.1 Å². The summed E-state index contributed by atoms with van der Waals surface area (Å²) in [5.41, 5.74) is 0. The molecule has 94 valence electrons. The summed E-state index contributed by atoms with van der Waals surface area (Å²) in [6.45, 7) is 1.90. The third-order valence-corrected chi connectivity index (χ3v) is 2.96. The highest BCUT2D eigenvalue weighted by molar-refractivity contribution is 5.93. The predicted octanol–water partition coefficient (Wildman–Crippen LogP) is 1.05. The number of ether oxygens (including phenoxy) is 2. The van der Waals surface area contributed by atoms with Crippen molar-refractivity contribution >= 4 is 11.9 Å². The van der Waals surface area contributed by atoms with Crippen LogP contribution in [0.3, 0.4) is 0 Å². The first kappa shape index (κ1) is 11.1. The van der Waals surface area contributed by atoms with Gasteiger partial charge >= 0.3 is 0 Å². The predicted molar refractivity (Wildman–Crippen MR) is 65.4 cm³/mol. The lowest BCUT2D eigenvalue weighted by molar-refractivity contribution is -0.118. The van der Waals surface area contributed by atoms with Crippen molar-refractivity contribution in [3.63, 3.8) is 0 Å². The summed E-state index contributed by atoms with van der Waals surface area (Å²) in [5.74, 6) is 0.717. The highest BCUT2D eigenvalue weighted by atomic mass is 16.6. The molecule has 2 aliphatic rings. The van der Waals surface area contributed by atoms with Gasteiger partial charge in [0, 0.05) is 13.0 Å².